The lowest BCUT2D eigenvalue weighted by Gasteiger charge is -2.63. The summed E-state index contributed by atoms with van der Waals surface area (Å²) < 4.78 is 0. The van der Waals surface area contributed by atoms with Crippen molar-refractivity contribution in [3.8, 4) is 0 Å². The van der Waals surface area contributed by atoms with Crippen molar-refractivity contribution in [1.29, 1.82) is 0 Å². The average molecular weight is 334 g/mol. The minimum atomic E-state index is -0.627. The summed E-state index contributed by atoms with van der Waals surface area (Å²) in [6.45, 7) is 4.31. The Morgan fingerprint density at radius 3 is 2.33 bits per heavy atom. The Labute approximate surface area is 144 Å². The van der Waals surface area contributed by atoms with Crippen molar-refractivity contribution in [2.45, 2.75) is 71.6 Å². The molecular formula is C20H30O4. The molecule has 24 heavy (non-hydrogen) atoms. The highest BCUT2D eigenvalue weighted by Crippen LogP contribution is 2.72. The summed E-state index contributed by atoms with van der Waals surface area (Å²) in [6, 6.07) is 0. The van der Waals surface area contributed by atoms with E-state index in [0.29, 0.717) is 11.8 Å². The van der Waals surface area contributed by atoms with E-state index in [-0.39, 0.29) is 22.7 Å². The van der Waals surface area contributed by atoms with Gasteiger partial charge in [0, 0.05) is 0 Å². The van der Waals surface area contributed by atoms with E-state index < -0.39 is 17.4 Å². The van der Waals surface area contributed by atoms with Crippen molar-refractivity contribution in [3.63, 3.8) is 0 Å². The summed E-state index contributed by atoms with van der Waals surface area (Å²) in [7, 11) is 0. The van der Waals surface area contributed by atoms with Crippen molar-refractivity contribution in [1.82, 2.24) is 0 Å². The van der Waals surface area contributed by atoms with Crippen LogP contribution in [0, 0.1) is 39.9 Å². The third kappa shape index (κ3) is 1.91. The van der Waals surface area contributed by atoms with E-state index in [1.54, 1.807) is 0 Å². The third-order valence-corrected chi connectivity index (χ3v) is 8.94. The number of carboxylic acid groups (broad SMARTS) is 2. The number of rotatable bonds is 2. The molecule has 0 aliphatic heterocycles. The second kappa shape index (κ2) is 4.98. The third-order valence-electron chi connectivity index (χ3n) is 8.94. The van der Waals surface area contributed by atoms with Crippen molar-refractivity contribution >= 4 is 11.9 Å². The van der Waals surface area contributed by atoms with Crippen LogP contribution >= 0.6 is 0 Å². The van der Waals surface area contributed by atoms with Gasteiger partial charge < -0.3 is 10.2 Å². The monoisotopic (exact) mass is 334 g/mol. The maximum atomic E-state index is 12.1. The molecule has 4 nitrogen and oxygen atoms in total. The lowest BCUT2D eigenvalue weighted by molar-refractivity contribution is -0.181. The first kappa shape index (κ1) is 16.4. The molecule has 4 saturated carbocycles. The number of carbonyl (C=O) groups is 2. The summed E-state index contributed by atoms with van der Waals surface area (Å²) in [4.78, 5) is 23.7. The van der Waals surface area contributed by atoms with E-state index in [2.05, 4.69) is 6.92 Å². The molecule has 0 amide bonds. The molecule has 4 aliphatic carbocycles. The van der Waals surface area contributed by atoms with Gasteiger partial charge in [-0.2, -0.15) is 0 Å². The molecular weight excluding hydrogens is 304 g/mol. The predicted octanol–water partition coefficient (Wildman–Crippen LogP) is 4.18. The van der Waals surface area contributed by atoms with Crippen LogP contribution in [0.2, 0.25) is 0 Å². The molecule has 0 aromatic rings. The van der Waals surface area contributed by atoms with Crippen LogP contribution < -0.4 is 0 Å². The van der Waals surface area contributed by atoms with E-state index in [1.165, 1.54) is 0 Å². The first-order chi connectivity index (χ1) is 11.2. The quantitative estimate of drug-likeness (QED) is 0.794. The van der Waals surface area contributed by atoms with Gasteiger partial charge in [0.2, 0.25) is 0 Å². The highest BCUT2D eigenvalue weighted by atomic mass is 16.4. The fourth-order valence-electron chi connectivity index (χ4n) is 7.99. The minimum absolute atomic E-state index is 0.0714. The topological polar surface area (TPSA) is 74.6 Å². The van der Waals surface area contributed by atoms with Gasteiger partial charge in [-0.15, -0.1) is 0 Å². The maximum absolute atomic E-state index is 12.1. The van der Waals surface area contributed by atoms with Crippen LogP contribution in [0.25, 0.3) is 0 Å². The molecule has 4 heteroatoms. The van der Waals surface area contributed by atoms with E-state index in [1.807, 2.05) is 6.92 Å². The van der Waals surface area contributed by atoms with Crippen molar-refractivity contribution in [3.05, 3.63) is 0 Å². The predicted molar refractivity (Wildman–Crippen MR) is 89.4 cm³/mol. The summed E-state index contributed by atoms with van der Waals surface area (Å²) in [5.74, 6) is -0.282. The number of hydrogen-bond acceptors (Lipinski definition) is 2. The molecule has 0 aromatic carbocycles. The highest BCUT2D eigenvalue weighted by Gasteiger charge is 2.66. The Hall–Kier alpha value is -1.06. The van der Waals surface area contributed by atoms with Gasteiger partial charge in [0.1, 0.15) is 0 Å². The smallest absolute Gasteiger partial charge is 0.309 e. The molecule has 2 bridgehead atoms. The first-order valence-corrected chi connectivity index (χ1v) is 9.69. The van der Waals surface area contributed by atoms with Crippen LogP contribution in [0.3, 0.4) is 0 Å². The van der Waals surface area contributed by atoms with Gasteiger partial charge in [-0.3, -0.25) is 9.59 Å². The lowest BCUT2D eigenvalue weighted by Crippen LogP contribution is -2.58. The zero-order chi connectivity index (χ0) is 17.3. The van der Waals surface area contributed by atoms with E-state index >= 15 is 0 Å². The average Bonchev–Trinajstić information content (AvgIpc) is 2.78. The van der Waals surface area contributed by atoms with Gasteiger partial charge in [0.05, 0.1) is 11.3 Å². The molecule has 0 saturated heterocycles. The van der Waals surface area contributed by atoms with Crippen LogP contribution in [-0.4, -0.2) is 22.2 Å². The Morgan fingerprint density at radius 1 is 0.917 bits per heavy atom. The van der Waals surface area contributed by atoms with Gasteiger partial charge in [-0.25, -0.2) is 0 Å². The SMILES string of the molecule is C[C@]12CCC[C@](C)(C(=O)O)[C@@H]1CC[C@@]13C[C@H](CC[C@@H]12)[C@@H](C(=O)O)C3. The summed E-state index contributed by atoms with van der Waals surface area (Å²) in [5, 5.41) is 19.5. The normalized spacial score (nSPS) is 53.1. The van der Waals surface area contributed by atoms with Crippen molar-refractivity contribution in [2.24, 2.45) is 39.9 Å². The van der Waals surface area contributed by atoms with Crippen LogP contribution in [0.5, 0.6) is 0 Å². The first-order valence-electron chi connectivity index (χ1n) is 9.69. The zero-order valence-electron chi connectivity index (χ0n) is 14.9. The fraction of sp³-hybridized carbons (Fsp3) is 0.900. The molecule has 4 aliphatic rings. The summed E-state index contributed by atoms with van der Waals surface area (Å²) in [5.41, 5.74) is -0.355. The Bertz CT molecular complexity index is 586. The maximum Gasteiger partial charge on any atom is 0.309 e. The number of hydrogen-bond donors (Lipinski definition) is 2. The van der Waals surface area contributed by atoms with Crippen LogP contribution in [0.15, 0.2) is 0 Å². The highest BCUT2D eigenvalue weighted by molar-refractivity contribution is 5.75. The number of aliphatic carboxylic acids is 2. The second-order valence-electron chi connectivity index (χ2n) is 9.78. The Balaban J connectivity index is 1.71. The summed E-state index contributed by atoms with van der Waals surface area (Å²) in [6.07, 6.45) is 8.96. The van der Waals surface area contributed by atoms with Gasteiger partial charge in [0.25, 0.3) is 0 Å². The molecule has 2 N–H and O–H groups in total. The Morgan fingerprint density at radius 2 is 1.67 bits per heavy atom. The van der Waals surface area contributed by atoms with Gasteiger partial charge in [-0.1, -0.05) is 13.3 Å². The Kier molecular flexibility index (Phi) is 3.41. The van der Waals surface area contributed by atoms with Crippen molar-refractivity contribution < 1.29 is 19.8 Å². The van der Waals surface area contributed by atoms with Crippen molar-refractivity contribution in [2.75, 3.05) is 0 Å². The summed E-state index contributed by atoms with van der Waals surface area (Å²) >= 11 is 0. The van der Waals surface area contributed by atoms with E-state index in [4.69, 9.17) is 0 Å². The molecule has 0 unspecified atom stereocenters. The molecule has 1 spiro atoms. The standard InChI is InChI=1S/C20H30O4/c1-18-7-3-8-19(2,17(23)24)14(18)6-9-20-10-12(4-5-15(18)20)13(11-20)16(21)22/h12-15H,3-11H2,1-2H3,(H,21,22)(H,23,24)/t12-,13-,14+,15+,18-,19-,20-/m0/s1. The van der Waals surface area contributed by atoms with Crippen LogP contribution in [0.4, 0.5) is 0 Å². The minimum Gasteiger partial charge on any atom is -0.481 e. The van der Waals surface area contributed by atoms with E-state index in [9.17, 15) is 19.8 Å². The zero-order valence-corrected chi connectivity index (χ0v) is 14.9. The molecule has 0 radical (unpaired) electrons. The van der Waals surface area contributed by atoms with Crippen LogP contribution in [0.1, 0.15) is 71.6 Å². The van der Waals surface area contributed by atoms with Gasteiger partial charge >= 0.3 is 11.9 Å². The fourth-order valence-corrected chi connectivity index (χ4v) is 7.99. The molecule has 134 valence electrons. The lowest BCUT2D eigenvalue weighted by atomic mass is 9.41. The molecule has 4 rings (SSSR count). The molecule has 0 heterocycles. The molecule has 0 aromatic heterocycles. The van der Waals surface area contributed by atoms with Crippen LogP contribution in [-0.2, 0) is 9.59 Å². The van der Waals surface area contributed by atoms with Gasteiger partial charge in [-0.05, 0) is 86.9 Å². The second-order valence-corrected chi connectivity index (χ2v) is 9.78. The van der Waals surface area contributed by atoms with E-state index in [0.717, 1.165) is 57.8 Å². The molecule has 4 fully saturated rings. The van der Waals surface area contributed by atoms with Gasteiger partial charge in [0.15, 0.2) is 0 Å². The molecule has 7 atom stereocenters. The number of fused-ring (bicyclic) bond motifs is 3. The largest absolute Gasteiger partial charge is 0.481 e. The number of carboxylic acids is 2.